The van der Waals surface area contributed by atoms with E-state index in [2.05, 4.69) is 32.0 Å². The van der Waals surface area contributed by atoms with E-state index in [-0.39, 0.29) is 11.9 Å². The summed E-state index contributed by atoms with van der Waals surface area (Å²) in [5.74, 6) is 0.181. The van der Waals surface area contributed by atoms with E-state index in [1.54, 1.807) is 0 Å². The van der Waals surface area contributed by atoms with E-state index < -0.39 is 0 Å². The van der Waals surface area contributed by atoms with Crippen LogP contribution >= 0.6 is 23.2 Å². The number of carbonyl (C=O) groups is 1. The number of aryl methyl sites for hydroxylation is 2. The predicted molar refractivity (Wildman–Crippen MR) is 104 cm³/mol. The van der Waals surface area contributed by atoms with Crippen LogP contribution < -0.4 is 0 Å². The van der Waals surface area contributed by atoms with Crippen LogP contribution in [-0.2, 0) is 11.2 Å². The van der Waals surface area contributed by atoms with Gasteiger partial charge in [0.25, 0.3) is 0 Å². The molecule has 4 heteroatoms. The minimum Gasteiger partial charge on any atom is -0.335 e. The van der Waals surface area contributed by atoms with Crippen molar-refractivity contribution in [2.45, 2.75) is 45.6 Å². The van der Waals surface area contributed by atoms with Crippen molar-refractivity contribution < 1.29 is 4.79 Å². The number of piperidine rings is 1. The molecule has 0 saturated carbocycles. The van der Waals surface area contributed by atoms with E-state index in [0.717, 1.165) is 36.9 Å². The summed E-state index contributed by atoms with van der Waals surface area (Å²) in [5, 5.41) is 1.10. The maximum atomic E-state index is 13.0. The molecule has 1 aliphatic heterocycles. The first-order chi connectivity index (χ1) is 11.9. The normalized spacial score (nSPS) is 17.6. The molecule has 0 bridgehead atoms. The smallest absolute Gasteiger partial charge is 0.227 e. The highest BCUT2D eigenvalue weighted by atomic mass is 35.5. The van der Waals surface area contributed by atoms with Crippen LogP contribution in [0.2, 0.25) is 10.0 Å². The molecule has 0 aliphatic carbocycles. The number of likely N-dealkylation sites (tertiary alicyclic amines) is 1. The Kier molecular flexibility index (Phi) is 5.71. The summed E-state index contributed by atoms with van der Waals surface area (Å²) >= 11 is 12.2. The highest BCUT2D eigenvalue weighted by molar-refractivity contribution is 6.42. The van der Waals surface area contributed by atoms with E-state index in [4.69, 9.17) is 23.2 Å². The fourth-order valence-electron chi connectivity index (χ4n) is 3.74. The summed E-state index contributed by atoms with van der Waals surface area (Å²) in [5.41, 5.74) is 4.55. The Hall–Kier alpha value is -1.51. The molecule has 0 radical (unpaired) electrons. The Morgan fingerprint density at radius 1 is 1.04 bits per heavy atom. The van der Waals surface area contributed by atoms with Gasteiger partial charge in [-0.15, -0.1) is 0 Å². The summed E-state index contributed by atoms with van der Waals surface area (Å²) in [4.78, 5) is 15.0. The first-order valence-electron chi connectivity index (χ1n) is 8.75. The molecule has 1 aliphatic rings. The molecule has 1 amide bonds. The van der Waals surface area contributed by atoms with Crippen LogP contribution in [-0.4, -0.2) is 17.4 Å². The van der Waals surface area contributed by atoms with E-state index in [0.29, 0.717) is 16.5 Å². The Morgan fingerprint density at radius 3 is 2.44 bits per heavy atom. The lowest BCUT2D eigenvalue weighted by Crippen LogP contribution is -2.39. The largest absolute Gasteiger partial charge is 0.335 e. The van der Waals surface area contributed by atoms with Crippen LogP contribution in [0.5, 0.6) is 0 Å². The van der Waals surface area contributed by atoms with Gasteiger partial charge in [0.05, 0.1) is 22.5 Å². The maximum absolute atomic E-state index is 13.0. The van der Waals surface area contributed by atoms with Crippen molar-refractivity contribution in [1.29, 1.82) is 0 Å². The van der Waals surface area contributed by atoms with Gasteiger partial charge in [0, 0.05) is 6.54 Å². The molecule has 2 aromatic rings. The number of benzene rings is 2. The maximum Gasteiger partial charge on any atom is 0.227 e. The van der Waals surface area contributed by atoms with Crippen molar-refractivity contribution in [1.82, 2.24) is 4.90 Å². The molecule has 1 fully saturated rings. The average Bonchev–Trinajstić information content (AvgIpc) is 2.56. The molecule has 25 heavy (non-hydrogen) atoms. The summed E-state index contributed by atoms with van der Waals surface area (Å²) in [7, 11) is 0. The number of nitrogens with zero attached hydrogens (tertiary/aromatic N) is 1. The van der Waals surface area contributed by atoms with Gasteiger partial charge in [-0.05, 0) is 56.4 Å². The highest BCUT2D eigenvalue weighted by Gasteiger charge is 2.28. The number of amides is 1. The van der Waals surface area contributed by atoms with Gasteiger partial charge in [-0.1, -0.05) is 58.6 Å². The lowest BCUT2D eigenvalue weighted by molar-refractivity contribution is -0.134. The number of halogens is 2. The van der Waals surface area contributed by atoms with Crippen LogP contribution in [0.3, 0.4) is 0 Å². The minimum absolute atomic E-state index is 0.0851. The van der Waals surface area contributed by atoms with Crippen LogP contribution in [0, 0.1) is 13.8 Å². The van der Waals surface area contributed by atoms with Gasteiger partial charge < -0.3 is 4.90 Å². The van der Waals surface area contributed by atoms with Crippen LogP contribution in [0.25, 0.3) is 0 Å². The number of rotatable bonds is 3. The molecule has 0 N–H and O–H groups in total. The molecule has 1 atom stereocenters. The van der Waals surface area contributed by atoms with Gasteiger partial charge >= 0.3 is 0 Å². The predicted octanol–water partition coefficient (Wildman–Crippen LogP) is 5.91. The Bertz CT molecular complexity index is 767. The van der Waals surface area contributed by atoms with E-state index >= 15 is 0 Å². The first-order valence-corrected chi connectivity index (χ1v) is 9.51. The van der Waals surface area contributed by atoms with Crippen LogP contribution in [0.1, 0.15) is 47.6 Å². The molecule has 0 aromatic heterocycles. The zero-order valence-corrected chi connectivity index (χ0v) is 16.2. The van der Waals surface area contributed by atoms with Crippen molar-refractivity contribution >= 4 is 29.1 Å². The second-order valence-corrected chi connectivity index (χ2v) is 7.76. The lowest BCUT2D eigenvalue weighted by atomic mass is 9.94. The lowest BCUT2D eigenvalue weighted by Gasteiger charge is -2.36. The second kappa shape index (κ2) is 7.80. The monoisotopic (exact) mass is 375 g/mol. The van der Waals surface area contributed by atoms with E-state index in [9.17, 15) is 4.79 Å². The van der Waals surface area contributed by atoms with Gasteiger partial charge in [0.2, 0.25) is 5.91 Å². The van der Waals surface area contributed by atoms with Crippen LogP contribution in [0.15, 0.2) is 36.4 Å². The number of hydrogen-bond donors (Lipinski definition) is 0. The topological polar surface area (TPSA) is 20.3 Å². The van der Waals surface area contributed by atoms with Gasteiger partial charge in [0.1, 0.15) is 0 Å². The number of carbonyl (C=O) groups excluding carboxylic acids is 1. The molecular formula is C21H23Cl2NO. The minimum atomic E-state index is 0.0851. The fraction of sp³-hybridized carbons (Fsp3) is 0.381. The van der Waals surface area contributed by atoms with E-state index in [1.165, 1.54) is 11.1 Å². The average molecular weight is 376 g/mol. The molecule has 1 saturated heterocycles. The molecule has 1 heterocycles. The zero-order valence-electron chi connectivity index (χ0n) is 14.7. The van der Waals surface area contributed by atoms with Crippen molar-refractivity contribution in [3.8, 4) is 0 Å². The third kappa shape index (κ3) is 4.37. The summed E-state index contributed by atoms with van der Waals surface area (Å²) in [6.07, 6.45) is 3.59. The Labute approximate surface area is 159 Å². The molecule has 1 unspecified atom stereocenters. The zero-order chi connectivity index (χ0) is 18.0. The Balaban J connectivity index is 1.82. The summed E-state index contributed by atoms with van der Waals surface area (Å²) in [6, 6.07) is 12.1. The van der Waals surface area contributed by atoms with Gasteiger partial charge in [-0.2, -0.15) is 0 Å². The third-order valence-corrected chi connectivity index (χ3v) is 5.53. The van der Waals surface area contributed by atoms with Crippen molar-refractivity contribution in [2.24, 2.45) is 0 Å². The van der Waals surface area contributed by atoms with Crippen molar-refractivity contribution in [3.63, 3.8) is 0 Å². The second-order valence-electron chi connectivity index (χ2n) is 6.94. The number of hydrogen-bond acceptors (Lipinski definition) is 1. The molecule has 0 spiro atoms. The highest BCUT2D eigenvalue weighted by Crippen LogP contribution is 2.34. The SMILES string of the molecule is Cc1cc(C)cc(CC(=O)N2CCCCC2c2ccc(Cl)c(Cl)c2)c1. The van der Waals surface area contributed by atoms with Crippen molar-refractivity contribution in [3.05, 3.63) is 68.7 Å². The molecular weight excluding hydrogens is 353 g/mol. The first kappa shape index (κ1) is 18.3. The molecule has 2 aromatic carbocycles. The van der Waals surface area contributed by atoms with Crippen molar-refractivity contribution in [2.75, 3.05) is 6.54 Å². The Morgan fingerprint density at radius 2 is 1.76 bits per heavy atom. The van der Waals surface area contributed by atoms with Crippen LogP contribution in [0.4, 0.5) is 0 Å². The fourth-order valence-corrected chi connectivity index (χ4v) is 4.05. The van der Waals surface area contributed by atoms with Gasteiger partial charge in [-0.25, -0.2) is 0 Å². The van der Waals surface area contributed by atoms with Gasteiger partial charge in [0.15, 0.2) is 0 Å². The molecule has 3 rings (SSSR count). The van der Waals surface area contributed by atoms with Gasteiger partial charge in [-0.3, -0.25) is 4.79 Å². The quantitative estimate of drug-likeness (QED) is 0.652. The third-order valence-electron chi connectivity index (χ3n) is 4.79. The summed E-state index contributed by atoms with van der Waals surface area (Å²) < 4.78 is 0. The summed E-state index contributed by atoms with van der Waals surface area (Å²) in [6.45, 7) is 4.94. The standard InChI is InChI=1S/C21H23Cl2NO/c1-14-9-15(2)11-16(10-14)12-21(25)24-8-4-3-5-20(24)17-6-7-18(22)19(23)13-17/h6-7,9-11,13,20H,3-5,8,12H2,1-2H3. The van der Waals surface area contributed by atoms with E-state index in [1.807, 2.05) is 23.1 Å². The molecule has 132 valence electrons. The molecule has 2 nitrogen and oxygen atoms in total.